The Morgan fingerprint density at radius 1 is 0.897 bits per heavy atom. The number of aliphatic hydroxyl groups is 2. The van der Waals surface area contributed by atoms with E-state index in [2.05, 4.69) is 18.0 Å². The number of allylic oxidation sites excluding steroid dienone is 1. The van der Waals surface area contributed by atoms with E-state index in [4.69, 9.17) is 33.7 Å². The molecule has 0 saturated heterocycles. The lowest BCUT2D eigenvalue weighted by Gasteiger charge is -2.59. The summed E-state index contributed by atoms with van der Waals surface area (Å²) in [5.74, 6) is -2.34. The maximum absolute atomic E-state index is 14.9. The summed E-state index contributed by atoms with van der Waals surface area (Å²) in [6.45, 7) is 6.92. The maximum Gasteiger partial charge on any atom is 0.412 e. The van der Waals surface area contributed by atoms with Crippen molar-refractivity contribution in [3.63, 3.8) is 0 Å². The molecular weight excluding hydrogens is 870 g/mol. The number of aliphatic hydroxyl groups excluding tert-OH is 2. The standard InChI is InChI=1S/C54H64FN3O10/c1-3-29-65-54-49(58(35-38-21-23-42(55)24-22-38)53(62)64-31-30-63-36-39-15-7-5-8-16-39)34-47(57-66-37-40-17-9-6-10-18-40)45-32-41(19-11-13-27-59)44(20-12-14-28-60)50(51(45)54)46-33-43(25-26-48(46)68-54)67-52(61)56-4-2/h3,5-10,15-18,21-26,32-33,41,44,49-51,59-60H,1,4,11-14,19-20,27-31,34-37H2,2H3,(H,56,61)/t41-,44+,49-,50+,51+,54+/m0/s1. The van der Waals surface area contributed by atoms with Crippen LogP contribution in [0.15, 0.2) is 133 Å². The number of hydrogen-bond donors (Lipinski definition) is 3. The molecule has 1 aliphatic heterocycles. The number of nitrogens with one attached hydrogen (secondary N) is 1. The highest BCUT2D eigenvalue weighted by atomic mass is 19.1. The van der Waals surface area contributed by atoms with Crippen LogP contribution in [0, 0.1) is 23.6 Å². The van der Waals surface area contributed by atoms with Crippen molar-refractivity contribution in [1.82, 2.24) is 10.2 Å². The zero-order chi connectivity index (χ0) is 47.7. The van der Waals surface area contributed by atoms with Crippen molar-refractivity contribution in [3.8, 4) is 11.5 Å². The second-order valence-electron chi connectivity index (χ2n) is 17.4. The van der Waals surface area contributed by atoms with Crippen molar-refractivity contribution < 1.29 is 52.7 Å². The molecule has 6 atom stereocenters. The van der Waals surface area contributed by atoms with E-state index in [9.17, 15) is 24.2 Å². The molecule has 4 aromatic carbocycles. The van der Waals surface area contributed by atoms with Crippen LogP contribution in [0.1, 0.15) is 80.0 Å². The Hall–Kier alpha value is -6.06. The molecule has 0 unspecified atom stereocenters. The lowest BCUT2D eigenvalue weighted by molar-refractivity contribution is -0.256. The van der Waals surface area contributed by atoms with E-state index in [1.165, 1.54) is 12.1 Å². The summed E-state index contributed by atoms with van der Waals surface area (Å²) in [5.41, 5.74) is 4.74. The highest BCUT2D eigenvalue weighted by Crippen LogP contribution is 2.62. The van der Waals surface area contributed by atoms with Gasteiger partial charge >= 0.3 is 12.2 Å². The molecule has 0 bridgehead atoms. The molecule has 362 valence electrons. The maximum atomic E-state index is 14.9. The monoisotopic (exact) mass is 933 g/mol. The largest absolute Gasteiger partial charge is 0.459 e. The highest BCUT2D eigenvalue weighted by Gasteiger charge is 2.65. The first kappa shape index (κ1) is 49.8. The smallest absolute Gasteiger partial charge is 0.412 e. The van der Waals surface area contributed by atoms with Gasteiger partial charge in [-0.2, -0.15) is 0 Å². The molecular formula is C54H64FN3O10. The van der Waals surface area contributed by atoms with Gasteiger partial charge in [-0.05, 0) is 97.0 Å². The summed E-state index contributed by atoms with van der Waals surface area (Å²) < 4.78 is 46.6. The van der Waals surface area contributed by atoms with Crippen LogP contribution in [0.2, 0.25) is 0 Å². The third kappa shape index (κ3) is 12.3. The zero-order valence-electron chi connectivity index (χ0n) is 38.8. The fraction of sp³-hybridized carbons (Fsp3) is 0.426. The number of unbranched alkanes of at least 4 members (excludes halogenated alkanes) is 2. The van der Waals surface area contributed by atoms with Gasteiger partial charge in [0.1, 0.15) is 36.6 Å². The van der Waals surface area contributed by atoms with Gasteiger partial charge in [-0.25, -0.2) is 14.0 Å². The average molecular weight is 934 g/mol. The summed E-state index contributed by atoms with van der Waals surface area (Å²) in [6.07, 6.45) is 6.88. The van der Waals surface area contributed by atoms with Gasteiger partial charge in [0.05, 0.1) is 31.5 Å². The second-order valence-corrected chi connectivity index (χ2v) is 17.4. The van der Waals surface area contributed by atoms with E-state index in [0.717, 1.165) is 41.5 Å². The van der Waals surface area contributed by atoms with Crippen molar-refractivity contribution >= 4 is 17.9 Å². The summed E-state index contributed by atoms with van der Waals surface area (Å²) >= 11 is 0. The average Bonchev–Trinajstić information content (AvgIpc) is 3.35. The summed E-state index contributed by atoms with van der Waals surface area (Å²) in [4.78, 5) is 35.6. The number of carbonyl (C=O) groups is 2. The number of benzene rings is 4. The Kier molecular flexibility index (Phi) is 18.2. The minimum Gasteiger partial charge on any atom is -0.459 e. The highest BCUT2D eigenvalue weighted by molar-refractivity contribution is 6.03. The van der Waals surface area contributed by atoms with Crippen molar-refractivity contribution in [2.45, 2.75) is 89.4 Å². The van der Waals surface area contributed by atoms with E-state index in [1.807, 2.05) is 73.7 Å². The van der Waals surface area contributed by atoms with Crippen LogP contribution in [0.3, 0.4) is 0 Å². The minimum absolute atomic E-state index is 0.0122. The minimum atomic E-state index is -1.60. The molecule has 14 heteroatoms. The number of halogens is 1. The molecule has 0 radical (unpaired) electrons. The zero-order valence-corrected chi connectivity index (χ0v) is 38.8. The lowest BCUT2D eigenvalue weighted by Crippen LogP contribution is -2.70. The Balaban J connectivity index is 1.39. The van der Waals surface area contributed by atoms with Gasteiger partial charge in [0, 0.05) is 44.2 Å². The molecule has 1 saturated carbocycles. The van der Waals surface area contributed by atoms with Crippen LogP contribution in [0.25, 0.3) is 0 Å². The number of ether oxygens (including phenoxy) is 5. The third-order valence-electron chi connectivity index (χ3n) is 12.9. The predicted molar refractivity (Wildman–Crippen MR) is 255 cm³/mol. The van der Waals surface area contributed by atoms with E-state index in [-0.39, 0.29) is 70.4 Å². The van der Waals surface area contributed by atoms with Gasteiger partial charge < -0.3 is 44.1 Å². The van der Waals surface area contributed by atoms with Crippen LogP contribution in [-0.4, -0.2) is 84.4 Å². The van der Waals surface area contributed by atoms with E-state index in [1.54, 1.807) is 35.2 Å². The molecule has 7 rings (SSSR count). The molecule has 0 aromatic heterocycles. The Morgan fingerprint density at radius 2 is 1.60 bits per heavy atom. The molecule has 3 N–H and O–H groups in total. The van der Waals surface area contributed by atoms with Gasteiger partial charge in [-0.15, -0.1) is 6.58 Å². The van der Waals surface area contributed by atoms with Crippen molar-refractivity contribution in [1.29, 1.82) is 0 Å². The third-order valence-corrected chi connectivity index (χ3v) is 12.9. The second kappa shape index (κ2) is 24.8. The first-order chi connectivity index (χ1) is 33.3. The van der Waals surface area contributed by atoms with Crippen molar-refractivity contribution in [2.75, 3.05) is 39.6 Å². The fourth-order valence-electron chi connectivity index (χ4n) is 9.88. The summed E-state index contributed by atoms with van der Waals surface area (Å²) in [5, 5.41) is 27.6. The SMILES string of the molecule is C=CCO[C@@]12Oc3ccc(OC(=O)NCC)cc3[C@H]3[C@H](CCCCO)[C@@H](CCCCO)C=C(C(=NOCc4ccccc4)C[C@@H]1N(Cc1ccc(F)cc1)C(=O)OCCOCc1ccccc1)[C@H]32. The number of oxime groups is 1. The van der Waals surface area contributed by atoms with Gasteiger partial charge in [0.2, 0.25) is 5.79 Å². The number of hydrogen-bond acceptors (Lipinski definition) is 11. The normalized spacial score (nSPS) is 21.9. The van der Waals surface area contributed by atoms with Crippen molar-refractivity contribution in [2.24, 2.45) is 22.9 Å². The van der Waals surface area contributed by atoms with E-state index < -0.39 is 35.8 Å². The first-order valence-corrected chi connectivity index (χ1v) is 23.8. The Morgan fingerprint density at radius 3 is 2.29 bits per heavy atom. The number of rotatable bonds is 24. The number of nitrogens with zero attached hydrogens (tertiary/aromatic N) is 2. The molecule has 4 aromatic rings. The van der Waals surface area contributed by atoms with Gasteiger partial charge in [0.25, 0.3) is 0 Å². The van der Waals surface area contributed by atoms with E-state index in [0.29, 0.717) is 55.2 Å². The first-order valence-electron chi connectivity index (χ1n) is 23.8. The van der Waals surface area contributed by atoms with Crippen LogP contribution in [0.5, 0.6) is 11.5 Å². The van der Waals surface area contributed by atoms with Crippen LogP contribution in [0.4, 0.5) is 14.0 Å². The van der Waals surface area contributed by atoms with Crippen LogP contribution >= 0.6 is 0 Å². The van der Waals surface area contributed by atoms with Crippen LogP contribution in [-0.2, 0) is 38.8 Å². The molecule has 68 heavy (non-hydrogen) atoms. The molecule has 0 spiro atoms. The number of carbonyl (C=O) groups excluding carboxylic acids is 2. The number of fused-ring (bicyclic) bond motifs is 2. The topological polar surface area (TPSA) is 158 Å². The van der Waals surface area contributed by atoms with E-state index >= 15 is 0 Å². The molecule has 2 aliphatic carbocycles. The van der Waals surface area contributed by atoms with Crippen LogP contribution < -0.4 is 14.8 Å². The lowest BCUT2D eigenvalue weighted by atomic mass is 9.55. The fourth-order valence-corrected chi connectivity index (χ4v) is 9.88. The molecule has 3 aliphatic rings. The molecule has 2 amide bonds. The summed E-state index contributed by atoms with van der Waals surface area (Å²) in [7, 11) is 0. The molecule has 13 nitrogen and oxygen atoms in total. The van der Waals surface area contributed by atoms with Gasteiger partial charge in [-0.1, -0.05) is 103 Å². The van der Waals surface area contributed by atoms with Gasteiger partial charge in [0.15, 0.2) is 0 Å². The summed E-state index contributed by atoms with van der Waals surface area (Å²) in [6, 6.07) is 29.8. The van der Waals surface area contributed by atoms with Gasteiger partial charge in [-0.3, -0.25) is 4.90 Å². The Bertz CT molecular complexity index is 2310. The van der Waals surface area contributed by atoms with Crippen molar-refractivity contribution in [3.05, 3.63) is 156 Å². The predicted octanol–water partition coefficient (Wildman–Crippen LogP) is 9.62. The molecule has 1 heterocycles. The number of amides is 2. The quantitative estimate of drug-likeness (QED) is 0.0351. The molecule has 1 fully saturated rings. The Labute approximate surface area is 398 Å².